The summed E-state index contributed by atoms with van der Waals surface area (Å²) in [4.78, 5) is -0.316. The second kappa shape index (κ2) is 7.41. The topological polar surface area (TPSA) is 80.3 Å². The molecule has 5 nitrogen and oxygen atoms in total. The van der Waals surface area contributed by atoms with Crippen LogP contribution in [0.15, 0.2) is 92.0 Å². The molecular formula is C18H13BrFNO4S2. The minimum atomic E-state index is -4.04. The molecule has 0 atom stereocenters. The van der Waals surface area contributed by atoms with Crippen molar-refractivity contribution in [3.05, 3.63) is 83.1 Å². The maximum absolute atomic E-state index is 13.0. The lowest BCUT2D eigenvalue weighted by Gasteiger charge is -2.10. The van der Waals surface area contributed by atoms with Crippen LogP contribution in [0.4, 0.5) is 10.1 Å². The Hall–Kier alpha value is -2.23. The number of anilines is 1. The molecule has 0 aliphatic rings. The summed E-state index contributed by atoms with van der Waals surface area (Å²) in [6, 6.07) is 15.9. The number of hydrogen-bond acceptors (Lipinski definition) is 4. The molecule has 0 fully saturated rings. The second-order valence-corrected chi connectivity index (χ2v) is 10.1. The summed E-state index contributed by atoms with van der Waals surface area (Å²) < 4.78 is 66.6. The van der Waals surface area contributed by atoms with Crippen molar-refractivity contribution in [2.24, 2.45) is 0 Å². The van der Waals surface area contributed by atoms with Crippen LogP contribution >= 0.6 is 15.9 Å². The van der Waals surface area contributed by atoms with E-state index in [1.54, 1.807) is 12.1 Å². The Kier molecular flexibility index (Phi) is 5.36. The fourth-order valence-corrected chi connectivity index (χ4v) is 5.04. The van der Waals surface area contributed by atoms with Gasteiger partial charge in [0.05, 0.1) is 14.7 Å². The number of sulfone groups is 1. The van der Waals surface area contributed by atoms with E-state index in [-0.39, 0.29) is 20.4 Å². The summed E-state index contributed by atoms with van der Waals surface area (Å²) in [6.45, 7) is 0. The third-order valence-electron chi connectivity index (χ3n) is 3.65. The highest BCUT2D eigenvalue weighted by atomic mass is 79.9. The van der Waals surface area contributed by atoms with E-state index >= 15 is 0 Å². The lowest BCUT2D eigenvalue weighted by molar-refractivity contribution is 0.595. The van der Waals surface area contributed by atoms with E-state index in [0.29, 0.717) is 0 Å². The zero-order valence-corrected chi connectivity index (χ0v) is 16.9. The van der Waals surface area contributed by atoms with E-state index in [4.69, 9.17) is 0 Å². The fraction of sp³-hybridized carbons (Fsp3) is 0. The van der Waals surface area contributed by atoms with E-state index in [9.17, 15) is 21.2 Å². The van der Waals surface area contributed by atoms with E-state index in [0.717, 1.165) is 22.7 Å². The summed E-state index contributed by atoms with van der Waals surface area (Å²) >= 11 is 3.24. The van der Waals surface area contributed by atoms with Crippen LogP contribution in [0.5, 0.6) is 0 Å². The van der Waals surface area contributed by atoms with Crippen molar-refractivity contribution in [2.45, 2.75) is 14.7 Å². The summed E-state index contributed by atoms with van der Waals surface area (Å²) in [5.74, 6) is -0.500. The van der Waals surface area contributed by atoms with Crippen molar-refractivity contribution in [2.75, 3.05) is 4.72 Å². The zero-order valence-electron chi connectivity index (χ0n) is 13.6. The summed E-state index contributed by atoms with van der Waals surface area (Å²) in [7, 11) is -7.92. The molecule has 0 aliphatic carbocycles. The monoisotopic (exact) mass is 469 g/mol. The SMILES string of the molecule is O=S(=O)(Nc1ccc(F)cc1)c1cccc(S(=O)(=O)c2ccc(Br)cc2)c1. The molecule has 0 radical (unpaired) electrons. The summed E-state index contributed by atoms with van der Waals surface area (Å²) in [5.41, 5.74) is 0.164. The molecule has 0 unspecified atom stereocenters. The molecule has 0 amide bonds. The van der Waals surface area contributed by atoms with E-state index in [2.05, 4.69) is 20.7 Å². The first-order chi connectivity index (χ1) is 12.7. The Morgan fingerprint density at radius 3 is 1.96 bits per heavy atom. The molecule has 0 spiro atoms. The Labute approximate surface area is 165 Å². The molecule has 0 saturated heterocycles. The van der Waals surface area contributed by atoms with Crippen LogP contribution in [0.1, 0.15) is 0 Å². The normalized spacial score (nSPS) is 11.9. The number of sulfonamides is 1. The third kappa shape index (κ3) is 4.37. The number of hydrogen-bond donors (Lipinski definition) is 1. The van der Waals surface area contributed by atoms with Crippen LogP contribution in [-0.4, -0.2) is 16.8 Å². The smallest absolute Gasteiger partial charge is 0.261 e. The third-order valence-corrected chi connectivity index (χ3v) is 7.32. The van der Waals surface area contributed by atoms with Crippen LogP contribution < -0.4 is 4.72 Å². The average molecular weight is 470 g/mol. The Balaban J connectivity index is 1.97. The van der Waals surface area contributed by atoms with Gasteiger partial charge in [-0.25, -0.2) is 21.2 Å². The van der Waals surface area contributed by atoms with E-state index in [1.807, 2.05) is 0 Å². The molecule has 3 aromatic rings. The highest BCUT2D eigenvalue weighted by molar-refractivity contribution is 9.10. The Morgan fingerprint density at radius 1 is 0.741 bits per heavy atom. The number of nitrogens with one attached hydrogen (secondary N) is 1. The van der Waals surface area contributed by atoms with Gasteiger partial charge in [0, 0.05) is 10.2 Å². The van der Waals surface area contributed by atoms with Gasteiger partial charge in [0.1, 0.15) is 5.82 Å². The van der Waals surface area contributed by atoms with E-state index < -0.39 is 25.7 Å². The molecule has 27 heavy (non-hydrogen) atoms. The number of halogens is 2. The van der Waals surface area contributed by atoms with Gasteiger partial charge in [0.15, 0.2) is 0 Å². The first kappa shape index (κ1) is 19.5. The summed E-state index contributed by atoms with van der Waals surface area (Å²) in [5, 5.41) is 0. The molecule has 1 N–H and O–H groups in total. The molecular weight excluding hydrogens is 457 g/mol. The fourth-order valence-electron chi connectivity index (χ4n) is 2.29. The van der Waals surface area contributed by atoms with Gasteiger partial charge in [-0.15, -0.1) is 0 Å². The highest BCUT2D eigenvalue weighted by Gasteiger charge is 2.21. The largest absolute Gasteiger partial charge is 0.280 e. The lowest BCUT2D eigenvalue weighted by atomic mass is 10.3. The van der Waals surface area contributed by atoms with Crippen molar-refractivity contribution in [1.82, 2.24) is 0 Å². The van der Waals surface area contributed by atoms with Crippen LogP contribution in [0.25, 0.3) is 0 Å². The lowest BCUT2D eigenvalue weighted by Crippen LogP contribution is -2.13. The first-order valence-electron chi connectivity index (χ1n) is 7.58. The maximum atomic E-state index is 13.0. The minimum absolute atomic E-state index is 0.0479. The Bertz CT molecular complexity index is 1180. The maximum Gasteiger partial charge on any atom is 0.261 e. The van der Waals surface area contributed by atoms with E-state index in [1.165, 1.54) is 42.5 Å². The molecule has 140 valence electrons. The molecule has 0 aromatic heterocycles. The molecule has 0 saturated carbocycles. The summed E-state index contributed by atoms with van der Waals surface area (Å²) in [6.07, 6.45) is 0. The number of rotatable bonds is 5. The molecule has 0 bridgehead atoms. The van der Waals surface area contributed by atoms with Crippen molar-refractivity contribution in [3.8, 4) is 0 Å². The molecule has 3 aromatic carbocycles. The standard InChI is InChI=1S/C18H13BrFNO4S2/c19-13-4-10-16(11-5-13)26(22,23)17-2-1-3-18(12-17)27(24,25)21-15-8-6-14(20)7-9-15/h1-12,21H. The quantitative estimate of drug-likeness (QED) is 0.606. The highest BCUT2D eigenvalue weighted by Crippen LogP contribution is 2.25. The van der Waals surface area contributed by atoms with Gasteiger partial charge < -0.3 is 0 Å². The van der Waals surface area contributed by atoms with Gasteiger partial charge >= 0.3 is 0 Å². The van der Waals surface area contributed by atoms with Crippen LogP contribution in [0.3, 0.4) is 0 Å². The molecule has 0 heterocycles. The van der Waals surface area contributed by atoms with Gasteiger partial charge in [0.2, 0.25) is 9.84 Å². The zero-order chi connectivity index (χ0) is 19.7. The van der Waals surface area contributed by atoms with Crippen molar-refractivity contribution in [1.29, 1.82) is 0 Å². The average Bonchev–Trinajstić information content (AvgIpc) is 2.64. The minimum Gasteiger partial charge on any atom is -0.280 e. The molecule has 9 heteroatoms. The predicted octanol–water partition coefficient (Wildman–Crippen LogP) is 4.22. The van der Waals surface area contributed by atoms with Gasteiger partial charge in [-0.1, -0.05) is 22.0 Å². The first-order valence-corrected chi connectivity index (χ1v) is 11.3. The predicted molar refractivity (Wildman–Crippen MR) is 103 cm³/mol. The second-order valence-electron chi connectivity index (χ2n) is 5.54. The van der Waals surface area contributed by atoms with Gasteiger partial charge in [0.25, 0.3) is 10.0 Å². The number of benzene rings is 3. The van der Waals surface area contributed by atoms with Crippen LogP contribution in [-0.2, 0) is 19.9 Å². The van der Waals surface area contributed by atoms with Gasteiger partial charge in [-0.05, 0) is 66.7 Å². The van der Waals surface area contributed by atoms with Crippen molar-refractivity contribution in [3.63, 3.8) is 0 Å². The van der Waals surface area contributed by atoms with Crippen molar-refractivity contribution >= 4 is 41.5 Å². The molecule has 3 rings (SSSR count). The van der Waals surface area contributed by atoms with Gasteiger partial charge in [-0.2, -0.15) is 0 Å². The van der Waals surface area contributed by atoms with Crippen LogP contribution in [0, 0.1) is 5.82 Å². The Morgan fingerprint density at radius 2 is 1.33 bits per heavy atom. The van der Waals surface area contributed by atoms with Crippen molar-refractivity contribution < 1.29 is 21.2 Å². The van der Waals surface area contributed by atoms with Gasteiger partial charge in [-0.3, -0.25) is 4.72 Å². The van der Waals surface area contributed by atoms with Crippen LogP contribution in [0.2, 0.25) is 0 Å². The molecule has 0 aliphatic heterocycles.